The lowest BCUT2D eigenvalue weighted by atomic mass is 9.72. The van der Waals surface area contributed by atoms with Gasteiger partial charge in [-0.1, -0.05) is 24.3 Å². The summed E-state index contributed by atoms with van der Waals surface area (Å²) in [5, 5.41) is 10.8. The lowest BCUT2D eigenvalue weighted by Crippen LogP contribution is -2.47. The van der Waals surface area contributed by atoms with Crippen LogP contribution in [-0.4, -0.2) is 38.8 Å². The van der Waals surface area contributed by atoms with Crippen LogP contribution in [0.4, 0.5) is 0 Å². The van der Waals surface area contributed by atoms with Gasteiger partial charge in [0.1, 0.15) is 5.82 Å². The molecule has 1 saturated heterocycles. The highest BCUT2D eigenvalue weighted by atomic mass is 16.3. The third-order valence-corrected chi connectivity index (χ3v) is 6.02. The topological polar surface area (TPSA) is 41.3 Å². The van der Waals surface area contributed by atoms with Gasteiger partial charge in [-0.15, -0.1) is 0 Å². The number of nitrogens with zero attached hydrogens (tertiary/aromatic N) is 3. The molecule has 1 atom stereocenters. The Balaban J connectivity index is 1.48. The first-order valence-corrected chi connectivity index (χ1v) is 9.11. The number of aliphatic hydroxyl groups is 1. The fourth-order valence-electron chi connectivity index (χ4n) is 4.62. The van der Waals surface area contributed by atoms with E-state index in [1.807, 2.05) is 6.20 Å². The Labute approximate surface area is 144 Å². The standard InChI is InChI=1S/C20H27N3O/c1-15(2)23-12-9-21-19(23)14-22-10-7-20(8-11-22)17-6-4-3-5-16(17)13-18(20)24/h3-6,9,12,15,18,24H,7-8,10-11,13-14H2,1-2H3/t18-/m1/s1. The molecule has 128 valence electrons. The van der Waals surface area contributed by atoms with Gasteiger partial charge in [0.15, 0.2) is 0 Å². The summed E-state index contributed by atoms with van der Waals surface area (Å²) in [6.45, 7) is 7.34. The first kappa shape index (κ1) is 15.9. The third-order valence-electron chi connectivity index (χ3n) is 6.02. The monoisotopic (exact) mass is 325 g/mol. The average Bonchev–Trinajstić information content (AvgIpc) is 3.14. The van der Waals surface area contributed by atoms with Gasteiger partial charge in [-0.3, -0.25) is 4.90 Å². The Kier molecular flexibility index (Phi) is 3.97. The second-order valence-electron chi connectivity index (χ2n) is 7.65. The minimum absolute atomic E-state index is 0.0272. The van der Waals surface area contributed by atoms with Gasteiger partial charge in [-0.25, -0.2) is 4.98 Å². The molecule has 1 fully saturated rings. The molecule has 0 amide bonds. The molecule has 24 heavy (non-hydrogen) atoms. The Hall–Kier alpha value is -1.65. The van der Waals surface area contributed by atoms with Crippen molar-refractivity contribution in [2.24, 2.45) is 0 Å². The Morgan fingerprint density at radius 1 is 1.25 bits per heavy atom. The number of benzene rings is 1. The summed E-state index contributed by atoms with van der Waals surface area (Å²) in [5.74, 6) is 1.15. The van der Waals surface area contributed by atoms with Crippen LogP contribution in [0.25, 0.3) is 0 Å². The molecular weight excluding hydrogens is 298 g/mol. The minimum atomic E-state index is -0.227. The molecule has 1 aliphatic carbocycles. The molecule has 2 heterocycles. The zero-order chi connectivity index (χ0) is 16.7. The molecule has 0 unspecified atom stereocenters. The quantitative estimate of drug-likeness (QED) is 0.943. The number of likely N-dealkylation sites (tertiary alicyclic amines) is 1. The van der Waals surface area contributed by atoms with Crippen molar-refractivity contribution in [1.29, 1.82) is 0 Å². The number of hydrogen-bond acceptors (Lipinski definition) is 3. The molecule has 4 rings (SSSR count). The van der Waals surface area contributed by atoms with Crippen molar-refractivity contribution < 1.29 is 5.11 Å². The van der Waals surface area contributed by atoms with Gasteiger partial charge < -0.3 is 9.67 Å². The summed E-state index contributed by atoms with van der Waals surface area (Å²) >= 11 is 0. The summed E-state index contributed by atoms with van der Waals surface area (Å²) in [4.78, 5) is 7.03. The molecule has 1 aromatic heterocycles. The second kappa shape index (κ2) is 6.01. The first-order chi connectivity index (χ1) is 11.6. The van der Waals surface area contributed by atoms with E-state index in [1.54, 1.807) is 0 Å². The van der Waals surface area contributed by atoms with E-state index in [-0.39, 0.29) is 11.5 Å². The maximum absolute atomic E-state index is 10.8. The maximum Gasteiger partial charge on any atom is 0.123 e. The number of piperidine rings is 1. The number of fused-ring (bicyclic) bond motifs is 2. The van der Waals surface area contributed by atoms with Crippen molar-refractivity contribution in [2.45, 2.75) is 57.2 Å². The van der Waals surface area contributed by atoms with Gasteiger partial charge in [-0.05, 0) is 57.3 Å². The van der Waals surface area contributed by atoms with E-state index in [9.17, 15) is 5.11 Å². The van der Waals surface area contributed by atoms with E-state index in [4.69, 9.17) is 0 Å². The number of rotatable bonds is 3. The van der Waals surface area contributed by atoms with E-state index in [0.29, 0.717) is 6.04 Å². The molecule has 2 aromatic rings. The van der Waals surface area contributed by atoms with Crippen LogP contribution in [0.3, 0.4) is 0 Å². The zero-order valence-electron chi connectivity index (χ0n) is 14.7. The van der Waals surface area contributed by atoms with Crippen molar-refractivity contribution in [1.82, 2.24) is 14.5 Å². The van der Waals surface area contributed by atoms with Crippen LogP contribution in [0.2, 0.25) is 0 Å². The number of imidazole rings is 1. The van der Waals surface area contributed by atoms with Gasteiger partial charge >= 0.3 is 0 Å². The van der Waals surface area contributed by atoms with Crippen molar-refractivity contribution in [3.05, 3.63) is 53.6 Å². The molecule has 1 N–H and O–H groups in total. The van der Waals surface area contributed by atoms with E-state index in [1.165, 1.54) is 11.1 Å². The second-order valence-corrected chi connectivity index (χ2v) is 7.65. The van der Waals surface area contributed by atoms with E-state index in [0.717, 1.165) is 44.7 Å². The summed E-state index contributed by atoms with van der Waals surface area (Å²) in [5.41, 5.74) is 2.70. The first-order valence-electron chi connectivity index (χ1n) is 9.11. The maximum atomic E-state index is 10.8. The largest absolute Gasteiger partial charge is 0.392 e. The molecule has 2 aliphatic rings. The lowest BCUT2D eigenvalue weighted by molar-refractivity contribution is 0.0403. The van der Waals surface area contributed by atoms with Crippen LogP contribution >= 0.6 is 0 Å². The zero-order valence-corrected chi connectivity index (χ0v) is 14.7. The summed E-state index contributed by atoms with van der Waals surface area (Å²) in [6, 6.07) is 9.06. The van der Waals surface area contributed by atoms with Crippen LogP contribution in [0.15, 0.2) is 36.7 Å². The molecule has 0 radical (unpaired) electrons. The number of aromatic nitrogens is 2. The van der Waals surface area contributed by atoms with Crippen LogP contribution in [0.5, 0.6) is 0 Å². The Bertz CT molecular complexity index is 713. The summed E-state index contributed by atoms with van der Waals surface area (Å²) in [6.07, 6.45) is 6.63. The van der Waals surface area contributed by atoms with Gasteiger partial charge in [0.05, 0.1) is 12.6 Å². The minimum Gasteiger partial charge on any atom is -0.392 e. The predicted octanol–water partition coefficient (Wildman–Crippen LogP) is 2.91. The molecule has 4 heteroatoms. The molecule has 4 nitrogen and oxygen atoms in total. The van der Waals surface area contributed by atoms with Gasteiger partial charge in [-0.2, -0.15) is 0 Å². The highest BCUT2D eigenvalue weighted by Gasteiger charge is 2.47. The molecule has 0 saturated carbocycles. The predicted molar refractivity (Wildman–Crippen MR) is 95.0 cm³/mol. The van der Waals surface area contributed by atoms with Crippen molar-refractivity contribution in [3.8, 4) is 0 Å². The van der Waals surface area contributed by atoms with Crippen LogP contribution in [0.1, 0.15) is 49.7 Å². The SMILES string of the molecule is CC(C)n1ccnc1CN1CCC2(CC1)c1ccccc1C[C@H]2O. The normalized spacial score (nSPS) is 23.1. The van der Waals surface area contributed by atoms with Gasteiger partial charge in [0.25, 0.3) is 0 Å². The molecule has 1 aromatic carbocycles. The van der Waals surface area contributed by atoms with Crippen LogP contribution in [0, 0.1) is 0 Å². The molecule has 1 spiro atoms. The van der Waals surface area contributed by atoms with Crippen molar-refractivity contribution >= 4 is 0 Å². The van der Waals surface area contributed by atoms with Crippen molar-refractivity contribution in [2.75, 3.05) is 13.1 Å². The summed E-state index contributed by atoms with van der Waals surface area (Å²) in [7, 11) is 0. The van der Waals surface area contributed by atoms with Crippen LogP contribution < -0.4 is 0 Å². The number of hydrogen-bond donors (Lipinski definition) is 1. The Morgan fingerprint density at radius 2 is 2.00 bits per heavy atom. The highest BCUT2D eigenvalue weighted by molar-refractivity contribution is 5.42. The van der Waals surface area contributed by atoms with E-state index in [2.05, 4.69) is 58.8 Å². The van der Waals surface area contributed by atoms with E-state index >= 15 is 0 Å². The fraction of sp³-hybridized carbons (Fsp3) is 0.550. The molecular formula is C20H27N3O. The highest BCUT2D eigenvalue weighted by Crippen LogP contribution is 2.46. The Morgan fingerprint density at radius 3 is 2.75 bits per heavy atom. The fourth-order valence-corrected chi connectivity index (χ4v) is 4.62. The van der Waals surface area contributed by atoms with Gasteiger partial charge in [0.2, 0.25) is 0 Å². The molecule has 0 bridgehead atoms. The van der Waals surface area contributed by atoms with Crippen LogP contribution in [-0.2, 0) is 18.4 Å². The smallest absolute Gasteiger partial charge is 0.123 e. The summed E-state index contributed by atoms with van der Waals surface area (Å²) < 4.78 is 2.25. The van der Waals surface area contributed by atoms with Crippen molar-refractivity contribution in [3.63, 3.8) is 0 Å². The number of aliphatic hydroxyl groups excluding tert-OH is 1. The van der Waals surface area contributed by atoms with Gasteiger partial charge in [0, 0.05) is 23.9 Å². The molecule has 1 aliphatic heterocycles. The van der Waals surface area contributed by atoms with E-state index < -0.39 is 0 Å². The average molecular weight is 325 g/mol. The lowest BCUT2D eigenvalue weighted by Gasteiger charge is -2.42. The third kappa shape index (κ3) is 2.49.